The second-order valence-corrected chi connectivity index (χ2v) is 9.56. The van der Waals surface area contributed by atoms with Crippen molar-refractivity contribution in [2.45, 2.75) is 45.0 Å². The Balaban J connectivity index is 1.90. The van der Waals surface area contributed by atoms with Crippen LogP contribution in [0.15, 0.2) is 24.4 Å². The van der Waals surface area contributed by atoms with Gasteiger partial charge in [-0.2, -0.15) is 26.3 Å². The van der Waals surface area contributed by atoms with E-state index in [4.69, 9.17) is 5.73 Å². The van der Waals surface area contributed by atoms with Crippen molar-refractivity contribution in [2.24, 2.45) is 0 Å². The van der Waals surface area contributed by atoms with E-state index in [9.17, 15) is 26.3 Å². The number of nitrogen functional groups attached to an aromatic ring is 1. The molecule has 3 aromatic rings. The van der Waals surface area contributed by atoms with Crippen LogP contribution in [0.3, 0.4) is 0 Å². The van der Waals surface area contributed by atoms with Gasteiger partial charge in [0, 0.05) is 62.5 Å². The second kappa shape index (κ2) is 9.91. The molecule has 0 bridgehead atoms. The molecule has 2 N–H and O–H groups in total. The van der Waals surface area contributed by atoms with Crippen LogP contribution in [0.25, 0.3) is 11.3 Å². The first-order chi connectivity index (χ1) is 17.7. The predicted octanol–water partition coefficient (Wildman–Crippen LogP) is 5.35. The first-order valence-corrected chi connectivity index (χ1v) is 11.9. The number of anilines is 3. The Kier molecular flexibility index (Phi) is 7.15. The number of nitrogens with zero attached hydrogens (tertiary/aromatic N) is 6. The highest BCUT2D eigenvalue weighted by Gasteiger charge is 2.40. The highest BCUT2D eigenvalue weighted by atomic mass is 19.4. The number of nitrogens with two attached hydrogens (primary N) is 1. The zero-order chi connectivity index (χ0) is 28.0. The number of hydrogen-bond acceptors (Lipinski definition) is 7. The Morgan fingerprint density at radius 1 is 0.974 bits per heavy atom. The molecule has 0 aliphatic carbocycles. The van der Waals surface area contributed by atoms with E-state index in [0.29, 0.717) is 17.1 Å². The lowest BCUT2D eigenvalue weighted by Gasteiger charge is -2.24. The number of fused-ring (bicyclic) bond motifs is 1. The molecule has 0 amide bonds. The van der Waals surface area contributed by atoms with Crippen LogP contribution in [0.1, 0.15) is 48.0 Å². The van der Waals surface area contributed by atoms with E-state index in [-0.39, 0.29) is 60.6 Å². The smallest absolute Gasteiger partial charge is 0.384 e. The van der Waals surface area contributed by atoms with E-state index in [1.807, 2.05) is 13.8 Å². The van der Waals surface area contributed by atoms with Crippen molar-refractivity contribution in [2.75, 3.05) is 42.7 Å². The van der Waals surface area contributed by atoms with Gasteiger partial charge in [-0.05, 0) is 24.6 Å². The van der Waals surface area contributed by atoms with Gasteiger partial charge in [0.2, 0.25) is 0 Å². The molecule has 4 heterocycles. The SMILES string of the molecule is CC(C)c1nc2c(c(-c3cc(N)nc(N(C)C)c3C(F)(F)F)n1)CCN(c1ncccc1C(F)(F)F)CC2. The Morgan fingerprint density at radius 2 is 1.66 bits per heavy atom. The summed E-state index contributed by atoms with van der Waals surface area (Å²) >= 11 is 0. The van der Waals surface area contributed by atoms with E-state index in [2.05, 4.69) is 19.9 Å². The van der Waals surface area contributed by atoms with Gasteiger partial charge in [-0.1, -0.05) is 13.8 Å². The van der Waals surface area contributed by atoms with E-state index in [0.717, 1.165) is 12.1 Å². The highest BCUT2D eigenvalue weighted by molar-refractivity contribution is 5.76. The van der Waals surface area contributed by atoms with Gasteiger partial charge in [-0.3, -0.25) is 0 Å². The second-order valence-electron chi connectivity index (χ2n) is 9.56. The van der Waals surface area contributed by atoms with E-state index >= 15 is 0 Å². The molecule has 3 aromatic heterocycles. The van der Waals surface area contributed by atoms with Crippen LogP contribution in [0, 0.1) is 0 Å². The fraction of sp³-hybridized carbons (Fsp3) is 0.440. The maximum absolute atomic E-state index is 14.4. The molecule has 13 heteroatoms. The van der Waals surface area contributed by atoms with Crippen LogP contribution in [-0.4, -0.2) is 47.1 Å². The highest BCUT2D eigenvalue weighted by Crippen LogP contribution is 2.44. The zero-order valence-corrected chi connectivity index (χ0v) is 21.2. The van der Waals surface area contributed by atoms with Crippen molar-refractivity contribution >= 4 is 17.5 Å². The van der Waals surface area contributed by atoms with Gasteiger partial charge < -0.3 is 15.5 Å². The quantitative estimate of drug-likeness (QED) is 0.448. The fourth-order valence-corrected chi connectivity index (χ4v) is 4.52. The van der Waals surface area contributed by atoms with Crippen molar-refractivity contribution in [1.29, 1.82) is 0 Å². The van der Waals surface area contributed by atoms with Gasteiger partial charge in [-0.15, -0.1) is 0 Å². The summed E-state index contributed by atoms with van der Waals surface area (Å²) in [6.07, 6.45) is -7.81. The average Bonchev–Trinajstić information content (AvgIpc) is 3.04. The summed E-state index contributed by atoms with van der Waals surface area (Å²) < 4.78 is 84.3. The monoisotopic (exact) mass is 539 g/mol. The van der Waals surface area contributed by atoms with Crippen molar-refractivity contribution in [3.8, 4) is 11.3 Å². The molecule has 0 unspecified atom stereocenters. The van der Waals surface area contributed by atoms with E-state index < -0.39 is 23.5 Å². The molecule has 38 heavy (non-hydrogen) atoms. The molecule has 0 radical (unpaired) electrons. The van der Waals surface area contributed by atoms with E-state index in [1.165, 1.54) is 36.2 Å². The minimum absolute atomic E-state index is 0.0575. The molecule has 1 aliphatic heterocycles. The summed E-state index contributed by atoms with van der Waals surface area (Å²) in [4.78, 5) is 19.8. The lowest BCUT2D eigenvalue weighted by Crippen LogP contribution is -2.29. The summed E-state index contributed by atoms with van der Waals surface area (Å²) in [5.74, 6) is -0.590. The summed E-state index contributed by atoms with van der Waals surface area (Å²) in [6.45, 7) is 3.85. The summed E-state index contributed by atoms with van der Waals surface area (Å²) in [5.41, 5.74) is 4.81. The van der Waals surface area contributed by atoms with Crippen LogP contribution < -0.4 is 15.5 Å². The van der Waals surface area contributed by atoms with Gasteiger partial charge in [0.25, 0.3) is 0 Å². The lowest BCUT2D eigenvalue weighted by atomic mass is 9.96. The molecule has 0 aromatic carbocycles. The summed E-state index contributed by atoms with van der Waals surface area (Å²) in [7, 11) is 2.87. The zero-order valence-electron chi connectivity index (χ0n) is 21.2. The molecule has 0 saturated heterocycles. The predicted molar refractivity (Wildman–Crippen MR) is 132 cm³/mol. The average molecular weight is 540 g/mol. The summed E-state index contributed by atoms with van der Waals surface area (Å²) in [5, 5.41) is 0. The topological polar surface area (TPSA) is 84.1 Å². The van der Waals surface area contributed by atoms with Crippen LogP contribution in [0.4, 0.5) is 43.8 Å². The third-order valence-corrected chi connectivity index (χ3v) is 6.25. The molecule has 0 atom stereocenters. The van der Waals surface area contributed by atoms with Crippen LogP contribution in [0.5, 0.6) is 0 Å². The van der Waals surface area contributed by atoms with Crippen LogP contribution in [0.2, 0.25) is 0 Å². The number of alkyl halides is 6. The molecular weight excluding hydrogens is 512 g/mol. The molecular formula is C25H27F6N7. The van der Waals surface area contributed by atoms with Crippen molar-refractivity contribution in [1.82, 2.24) is 19.9 Å². The molecule has 7 nitrogen and oxygen atoms in total. The third kappa shape index (κ3) is 5.32. The molecule has 204 valence electrons. The first-order valence-electron chi connectivity index (χ1n) is 11.9. The fourth-order valence-electron chi connectivity index (χ4n) is 4.52. The first kappa shape index (κ1) is 27.4. The number of hydrogen-bond donors (Lipinski definition) is 1. The van der Waals surface area contributed by atoms with Crippen molar-refractivity contribution in [3.63, 3.8) is 0 Å². The lowest BCUT2D eigenvalue weighted by molar-refractivity contribution is -0.137. The molecule has 0 fully saturated rings. The Labute approximate surface area is 215 Å². The van der Waals surface area contributed by atoms with Gasteiger partial charge in [-0.25, -0.2) is 19.9 Å². The Bertz CT molecular complexity index is 1330. The number of aromatic nitrogens is 4. The molecule has 0 saturated carbocycles. The van der Waals surface area contributed by atoms with Gasteiger partial charge in [0.15, 0.2) is 0 Å². The normalized spacial score (nSPS) is 14.4. The minimum atomic E-state index is -4.78. The molecule has 0 spiro atoms. The largest absolute Gasteiger partial charge is 0.420 e. The van der Waals surface area contributed by atoms with Gasteiger partial charge >= 0.3 is 12.4 Å². The van der Waals surface area contributed by atoms with E-state index in [1.54, 1.807) is 0 Å². The standard InChI is InChI=1S/C25H27F6N7/c1-13(2)21-34-17-8-11-38(22-16(24(26,27)28)6-5-9-33-22)10-7-14(17)20(36-21)15-12-18(32)35-23(37(3)4)19(15)25(29,30)31/h5-6,9,12-13H,7-8,10-11H2,1-4H3,(H2,32,35). The van der Waals surface area contributed by atoms with Crippen molar-refractivity contribution < 1.29 is 26.3 Å². The van der Waals surface area contributed by atoms with Crippen molar-refractivity contribution in [3.05, 3.63) is 52.6 Å². The molecule has 4 rings (SSSR count). The summed E-state index contributed by atoms with van der Waals surface area (Å²) in [6, 6.07) is 3.32. The molecule has 1 aliphatic rings. The van der Waals surface area contributed by atoms with Crippen LogP contribution in [-0.2, 0) is 25.2 Å². The Morgan fingerprint density at radius 3 is 2.26 bits per heavy atom. The third-order valence-electron chi connectivity index (χ3n) is 6.25. The maximum Gasteiger partial charge on any atom is 0.420 e. The minimum Gasteiger partial charge on any atom is -0.384 e. The maximum atomic E-state index is 14.4. The van der Waals surface area contributed by atoms with Gasteiger partial charge in [0.1, 0.15) is 28.8 Å². The number of halogens is 6. The number of rotatable bonds is 4. The Hall–Kier alpha value is -3.64. The van der Waals surface area contributed by atoms with Crippen LogP contribution >= 0.6 is 0 Å². The van der Waals surface area contributed by atoms with Gasteiger partial charge in [0.05, 0.1) is 11.3 Å². The number of pyridine rings is 2.